The smallest absolute Gasteiger partial charge is 0.328 e. The number of likely N-dealkylation sites (tertiary alicyclic amines) is 1. The van der Waals surface area contributed by atoms with Crippen LogP contribution >= 0.6 is 34.8 Å². The number of phenolic OH excluding ortho intramolecular Hbond substituents is 2. The summed E-state index contributed by atoms with van der Waals surface area (Å²) in [5.74, 6) is -4.97. The number of rotatable bonds is 7. The number of carboxylic acids is 1. The summed E-state index contributed by atoms with van der Waals surface area (Å²) in [6.45, 7) is 2.64. The molecule has 0 aliphatic carbocycles. The predicted molar refractivity (Wildman–Crippen MR) is 112 cm³/mol. The highest BCUT2D eigenvalue weighted by molar-refractivity contribution is 7.81. The number of nitrogens with one attached hydrogen (secondary N) is 1. The molecule has 1 heterocycles. The van der Waals surface area contributed by atoms with Gasteiger partial charge in [0.2, 0.25) is 5.91 Å². The minimum absolute atomic E-state index is 0.0773. The molecule has 11 nitrogen and oxygen atoms in total. The van der Waals surface area contributed by atoms with Gasteiger partial charge in [0.25, 0.3) is 5.91 Å². The van der Waals surface area contributed by atoms with Crippen LogP contribution in [-0.4, -0.2) is 69.8 Å². The zero-order valence-electron chi connectivity index (χ0n) is 15.8. The Hall–Kier alpha value is -2.12. The van der Waals surface area contributed by atoms with Gasteiger partial charge in [-0.05, 0) is 13.8 Å². The molecular formula is C16H16Cl3N3O8S. The fourth-order valence-corrected chi connectivity index (χ4v) is 4.27. The Morgan fingerprint density at radius 3 is 2.26 bits per heavy atom. The van der Waals surface area contributed by atoms with Crippen molar-refractivity contribution in [1.29, 1.82) is 0 Å². The zero-order valence-corrected chi connectivity index (χ0v) is 18.9. The molecule has 1 fully saturated rings. The average Bonchev–Trinajstić information content (AvgIpc) is 2.68. The van der Waals surface area contributed by atoms with Crippen molar-refractivity contribution in [1.82, 2.24) is 10.3 Å². The van der Waals surface area contributed by atoms with E-state index in [1.54, 1.807) is 6.92 Å². The standard InChI is InChI=1S/C16H16Cl3N3O8S/c1-5-3-6(23)22(5)13(15(27)28)16(2,31(29)30)4-20-21-14(26)7-8(17)10(19)12(25)11(24)9(7)18/h4-5,13,24-25H,3H2,1-2H3,(H,21,26)(H,27,28)(H,29,30)/b20-4+/t5-,13+,16+/m1/s1. The topological polar surface area (TPSA) is 177 Å². The molecule has 1 unspecified atom stereocenters. The number of aromatic hydroxyl groups is 2. The summed E-state index contributed by atoms with van der Waals surface area (Å²) in [5, 5.41) is 30.7. The van der Waals surface area contributed by atoms with Crippen LogP contribution in [-0.2, 0) is 20.7 Å². The first kappa shape index (κ1) is 25.1. The van der Waals surface area contributed by atoms with Crippen LogP contribution in [0.25, 0.3) is 0 Å². The second kappa shape index (κ2) is 9.17. The van der Waals surface area contributed by atoms with E-state index in [4.69, 9.17) is 34.8 Å². The van der Waals surface area contributed by atoms with Crippen LogP contribution in [0.1, 0.15) is 30.6 Å². The van der Waals surface area contributed by atoms with Gasteiger partial charge in [0, 0.05) is 18.7 Å². The van der Waals surface area contributed by atoms with E-state index in [2.05, 4.69) is 5.10 Å². The Kier molecular flexibility index (Phi) is 7.43. The lowest BCUT2D eigenvalue weighted by Crippen LogP contribution is -2.67. The molecule has 1 aromatic carbocycles. The number of carbonyl (C=O) groups is 3. The molecular weight excluding hydrogens is 501 g/mol. The number of amides is 2. The van der Waals surface area contributed by atoms with Gasteiger partial charge in [0.15, 0.2) is 28.6 Å². The second-order valence-electron chi connectivity index (χ2n) is 6.74. The van der Waals surface area contributed by atoms with Gasteiger partial charge in [-0.15, -0.1) is 0 Å². The lowest BCUT2D eigenvalue weighted by Gasteiger charge is -2.46. The molecule has 2 amide bonds. The van der Waals surface area contributed by atoms with Crippen molar-refractivity contribution in [3.8, 4) is 11.5 Å². The maximum atomic E-state index is 12.4. The minimum atomic E-state index is -2.84. The number of β-lactam (4-membered cyclic amide) rings is 1. The van der Waals surface area contributed by atoms with E-state index in [9.17, 15) is 38.5 Å². The first-order chi connectivity index (χ1) is 14.3. The molecule has 0 bridgehead atoms. The largest absolute Gasteiger partial charge is 0.503 e. The van der Waals surface area contributed by atoms with Crippen LogP contribution in [0.2, 0.25) is 15.1 Å². The van der Waals surface area contributed by atoms with Crippen LogP contribution in [0.5, 0.6) is 11.5 Å². The van der Waals surface area contributed by atoms with Crippen molar-refractivity contribution in [3.05, 3.63) is 20.6 Å². The lowest BCUT2D eigenvalue weighted by molar-refractivity contribution is -0.161. The molecule has 31 heavy (non-hydrogen) atoms. The van der Waals surface area contributed by atoms with Gasteiger partial charge in [-0.2, -0.15) is 5.10 Å². The molecule has 0 spiro atoms. The van der Waals surface area contributed by atoms with Crippen LogP contribution in [0, 0.1) is 0 Å². The van der Waals surface area contributed by atoms with Gasteiger partial charge in [0.1, 0.15) is 14.8 Å². The van der Waals surface area contributed by atoms with Crippen molar-refractivity contribution in [3.63, 3.8) is 0 Å². The number of carboxylic acid groups (broad SMARTS) is 1. The molecule has 4 atom stereocenters. The zero-order chi connectivity index (χ0) is 23.8. The molecule has 1 aliphatic rings. The van der Waals surface area contributed by atoms with Gasteiger partial charge in [-0.25, -0.2) is 14.4 Å². The molecule has 0 aromatic heterocycles. The summed E-state index contributed by atoms with van der Waals surface area (Å²) in [5.41, 5.74) is 1.36. The highest BCUT2D eigenvalue weighted by atomic mass is 35.5. The van der Waals surface area contributed by atoms with Gasteiger partial charge < -0.3 is 24.8 Å². The number of halogens is 3. The SMILES string of the molecule is C[C@@H]1CC(=O)N1[C@@H](C(=O)O)[C@](C)(/C=N/NC(=O)c1c(Cl)c(O)c(O)c(Cl)c1Cl)S(=O)O. The first-order valence-corrected chi connectivity index (χ1v) is 10.6. The van der Waals surface area contributed by atoms with E-state index in [0.717, 1.165) is 11.8 Å². The van der Waals surface area contributed by atoms with Gasteiger partial charge in [-0.3, -0.25) is 9.59 Å². The number of hydrazone groups is 1. The molecule has 170 valence electrons. The molecule has 1 aromatic rings. The first-order valence-electron chi connectivity index (χ1n) is 8.33. The number of aliphatic carboxylic acids is 1. The van der Waals surface area contributed by atoms with Crippen LogP contribution in [0.4, 0.5) is 0 Å². The van der Waals surface area contributed by atoms with Crippen molar-refractivity contribution in [2.24, 2.45) is 5.10 Å². The molecule has 5 N–H and O–H groups in total. The van der Waals surface area contributed by atoms with Crippen LogP contribution < -0.4 is 5.43 Å². The molecule has 2 rings (SSSR count). The summed E-state index contributed by atoms with van der Waals surface area (Å²) in [6, 6.07) is -2.24. The summed E-state index contributed by atoms with van der Waals surface area (Å²) in [4.78, 5) is 37.0. The summed E-state index contributed by atoms with van der Waals surface area (Å²) in [7, 11) is 0. The second-order valence-corrected chi connectivity index (χ2v) is 9.25. The Bertz CT molecular complexity index is 991. The minimum Gasteiger partial charge on any atom is -0.503 e. The summed E-state index contributed by atoms with van der Waals surface area (Å²) in [6.07, 6.45) is 0.774. The number of phenols is 2. The molecule has 0 radical (unpaired) electrons. The van der Waals surface area contributed by atoms with E-state index in [0.29, 0.717) is 6.21 Å². The third kappa shape index (κ3) is 4.44. The number of hydrogen-bond acceptors (Lipinski definition) is 7. The average molecular weight is 517 g/mol. The third-order valence-electron chi connectivity index (χ3n) is 4.65. The molecule has 1 saturated heterocycles. The van der Waals surface area contributed by atoms with E-state index < -0.39 is 77.8 Å². The van der Waals surface area contributed by atoms with Crippen LogP contribution in [0.15, 0.2) is 5.10 Å². The lowest BCUT2D eigenvalue weighted by atomic mass is 9.92. The molecule has 0 saturated carbocycles. The monoisotopic (exact) mass is 515 g/mol. The molecule has 15 heteroatoms. The maximum absolute atomic E-state index is 12.4. The van der Waals surface area contributed by atoms with Crippen molar-refractivity contribution in [2.75, 3.05) is 0 Å². The summed E-state index contributed by atoms with van der Waals surface area (Å²) >= 11 is 14.6. The van der Waals surface area contributed by atoms with Crippen molar-refractivity contribution < 1.29 is 38.5 Å². The fourth-order valence-electron chi connectivity index (χ4n) is 2.95. The molecule has 1 aliphatic heterocycles. The van der Waals surface area contributed by atoms with E-state index in [1.807, 2.05) is 5.43 Å². The maximum Gasteiger partial charge on any atom is 0.328 e. The van der Waals surface area contributed by atoms with Gasteiger partial charge in [-0.1, -0.05) is 34.8 Å². The highest BCUT2D eigenvalue weighted by Crippen LogP contribution is 2.46. The highest BCUT2D eigenvalue weighted by Gasteiger charge is 2.53. The number of hydrogen-bond donors (Lipinski definition) is 5. The Morgan fingerprint density at radius 1 is 1.26 bits per heavy atom. The Balaban J connectivity index is 2.38. The Labute approximate surface area is 192 Å². The third-order valence-corrected chi connectivity index (χ3v) is 6.94. The van der Waals surface area contributed by atoms with Crippen molar-refractivity contribution in [2.45, 2.75) is 37.1 Å². The van der Waals surface area contributed by atoms with Gasteiger partial charge in [0.05, 0.1) is 10.6 Å². The van der Waals surface area contributed by atoms with Crippen molar-refractivity contribution >= 4 is 69.9 Å². The van der Waals surface area contributed by atoms with Gasteiger partial charge >= 0.3 is 5.97 Å². The van der Waals surface area contributed by atoms with E-state index in [-0.39, 0.29) is 6.42 Å². The van der Waals surface area contributed by atoms with E-state index >= 15 is 0 Å². The number of nitrogens with zero attached hydrogens (tertiary/aromatic N) is 2. The predicted octanol–water partition coefficient (Wildman–Crippen LogP) is 1.83. The fraction of sp³-hybridized carbons (Fsp3) is 0.375. The van der Waals surface area contributed by atoms with E-state index in [1.165, 1.54) is 0 Å². The quantitative estimate of drug-likeness (QED) is 0.0910. The summed E-state index contributed by atoms with van der Waals surface area (Å²) < 4.78 is 19.6. The van der Waals surface area contributed by atoms with Crippen LogP contribution in [0.3, 0.4) is 0 Å². The Morgan fingerprint density at radius 2 is 1.81 bits per heavy atom. The normalized spacial score (nSPS) is 20.1. The number of carbonyl (C=O) groups excluding carboxylic acids is 2. The number of benzene rings is 1.